The highest BCUT2D eigenvalue weighted by Gasteiger charge is 2.53. The molecule has 1 amide bonds. The second-order valence-electron chi connectivity index (χ2n) is 15.1. The number of aliphatic carboxylic acids is 1. The van der Waals surface area contributed by atoms with E-state index in [9.17, 15) is 45.0 Å². The summed E-state index contributed by atoms with van der Waals surface area (Å²) in [6.07, 6.45) is -8.03. The molecule has 2 aliphatic heterocycles. The first-order chi connectivity index (χ1) is 26.3. The summed E-state index contributed by atoms with van der Waals surface area (Å²) in [4.78, 5) is 39.5. The first-order valence-corrected chi connectivity index (χ1v) is 19.1. The SMILES string of the molecule is C#CCNC(=O)[C@@H]1C[C@H](C)[C@@H](O[C@@H]2O[C@@H](C)[C@@H](O)[C@@H](O)[C@@H]2O)[C@H](O[C@@H]2O[C@H](CO)[C@H](O)[C@H](O[C@@H](CC3CCCCC3)C(=O)O)[C@H]2OC(=O)c2ccccc2)C1. The molecule has 5 rings (SSSR count). The molecule has 4 fully saturated rings. The number of ether oxygens (including phenoxy) is 6. The third-order valence-electron chi connectivity index (χ3n) is 11.2. The molecule has 2 saturated carbocycles. The van der Waals surface area contributed by atoms with Gasteiger partial charge >= 0.3 is 11.9 Å². The van der Waals surface area contributed by atoms with Crippen molar-refractivity contribution in [3.8, 4) is 12.3 Å². The van der Waals surface area contributed by atoms with Crippen LogP contribution in [0.5, 0.6) is 0 Å². The summed E-state index contributed by atoms with van der Waals surface area (Å²) in [5, 5.41) is 66.5. The molecule has 0 spiro atoms. The molecule has 2 heterocycles. The van der Waals surface area contributed by atoms with E-state index in [4.69, 9.17) is 34.8 Å². The summed E-state index contributed by atoms with van der Waals surface area (Å²) in [7, 11) is 0. The average molecular weight is 778 g/mol. The molecule has 0 aromatic heterocycles. The van der Waals surface area contributed by atoms with Crippen LogP contribution in [0.3, 0.4) is 0 Å². The molecule has 0 radical (unpaired) electrons. The van der Waals surface area contributed by atoms with E-state index in [1.807, 2.05) is 0 Å². The lowest BCUT2D eigenvalue weighted by Crippen LogP contribution is -2.64. The second-order valence-corrected chi connectivity index (χ2v) is 15.1. The minimum absolute atomic E-state index is 0.0224. The van der Waals surface area contributed by atoms with Crippen molar-refractivity contribution < 1.29 is 73.4 Å². The first-order valence-electron chi connectivity index (χ1n) is 19.1. The van der Waals surface area contributed by atoms with Crippen LogP contribution in [-0.2, 0) is 38.0 Å². The number of rotatable bonds is 14. The molecular formula is C39H55NO15. The Morgan fingerprint density at radius 3 is 2.25 bits per heavy atom. The van der Waals surface area contributed by atoms with E-state index in [-0.39, 0.29) is 43.2 Å². The Bertz CT molecular complexity index is 1450. The largest absolute Gasteiger partial charge is 0.479 e. The minimum atomic E-state index is -1.67. The fourth-order valence-corrected chi connectivity index (χ4v) is 8.09. The number of esters is 1. The summed E-state index contributed by atoms with van der Waals surface area (Å²) in [6.45, 7) is 2.49. The summed E-state index contributed by atoms with van der Waals surface area (Å²) >= 11 is 0. The highest BCUT2D eigenvalue weighted by atomic mass is 16.7. The van der Waals surface area contributed by atoms with Crippen LogP contribution in [0.2, 0.25) is 0 Å². The monoisotopic (exact) mass is 777 g/mol. The Balaban J connectivity index is 1.49. The number of aliphatic hydroxyl groups excluding tert-OH is 5. The number of aliphatic hydroxyl groups is 5. The molecule has 306 valence electrons. The quantitative estimate of drug-likeness (QED) is 0.101. The van der Waals surface area contributed by atoms with Crippen molar-refractivity contribution >= 4 is 17.8 Å². The molecule has 55 heavy (non-hydrogen) atoms. The van der Waals surface area contributed by atoms with Crippen LogP contribution in [0.15, 0.2) is 30.3 Å². The van der Waals surface area contributed by atoms with Crippen molar-refractivity contribution in [1.29, 1.82) is 0 Å². The van der Waals surface area contributed by atoms with Gasteiger partial charge in [-0.3, -0.25) is 4.79 Å². The molecule has 1 aromatic carbocycles. The Morgan fingerprint density at radius 1 is 0.891 bits per heavy atom. The highest BCUT2D eigenvalue weighted by Crippen LogP contribution is 2.39. The number of hydrogen-bond acceptors (Lipinski definition) is 14. The third kappa shape index (κ3) is 10.6. The van der Waals surface area contributed by atoms with Gasteiger partial charge < -0.3 is 64.4 Å². The zero-order valence-corrected chi connectivity index (χ0v) is 31.1. The van der Waals surface area contributed by atoms with Crippen molar-refractivity contribution in [3.63, 3.8) is 0 Å². The van der Waals surface area contributed by atoms with Gasteiger partial charge in [0.05, 0.1) is 37.0 Å². The average Bonchev–Trinajstić information content (AvgIpc) is 3.18. The lowest BCUT2D eigenvalue weighted by molar-refractivity contribution is -0.349. The molecule has 16 heteroatoms. The predicted octanol–water partition coefficient (Wildman–Crippen LogP) is 0.492. The Kier molecular flexibility index (Phi) is 15.4. The number of hydrogen-bond donors (Lipinski definition) is 7. The Morgan fingerprint density at radius 2 is 1.60 bits per heavy atom. The molecule has 16 nitrogen and oxygen atoms in total. The normalized spacial score (nSPS) is 37.6. The topological polar surface area (TPSA) is 240 Å². The maximum absolute atomic E-state index is 13.6. The number of terminal acetylenes is 1. The van der Waals surface area contributed by atoms with Crippen molar-refractivity contribution in [2.45, 2.75) is 145 Å². The van der Waals surface area contributed by atoms with Crippen LogP contribution in [0.4, 0.5) is 0 Å². The van der Waals surface area contributed by atoms with Gasteiger partial charge in [-0.05, 0) is 50.2 Å². The molecule has 15 atom stereocenters. The van der Waals surface area contributed by atoms with E-state index in [2.05, 4.69) is 11.2 Å². The molecule has 7 N–H and O–H groups in total. The Hall–Kier alpha value is -3.21. The molecule has 4 aliphatic rings. The van der Waals surface area contributed by atoms with Gasteiger partial charge in [0.1, 0.15) is 36.6 Å². The number of carbonyl (C=O) groups excluding carboxylic acids is 2. The fraction of sp³-hybridized carbons (Fsp3) is 0.718. The second kappa shape index (κ2) is 19.8. The zero-order chi connectivity index (χ0) is 39.8. The Labute approximate surface area is 320 Å². The van der Waals surface area contributed by atoms with Gasteiger partial charge in [0, 0.05) is 5.92 Å². The highest BCUT2D eigenvalue weighted by molar-refractivity contribution is 5.89. The van der Waals surface area contributed by atoms with Crippen molar-refractivity contribution in [1.82, 2.24) is 5.32 Å². The number of carboxylic acids is 1. The summed E-state index contributed by atoms with van der Waals surface area (Å²) in [5.41, 5.74) is 0.131. The van der Waals surface area contributed by atoms with Crippen molar-refractivity contribution in [2.75, 3.05) is 13.2 Å². The molecule has 0 unspecified atom stereocenters. The number of benzene rings is 1. The number of carboxylic acid groups (broad SMARTS) is 1. The van der Waals surface area contributed by atoms with Crippen molar-refractivity contribution in [3.05, 3.63) is 35.9 Å². The van der Waals surface area contributed by atoms with E-state index in [0.29, 0.717) is 0 Å². The van der Waals surface area contributed by atoms with Gasteiger partial charge in [0.2, 0.25) is 5.91 Å². The smallest absolute Gasteiger partial charge is 0.338 e. The molecule has 2 saturated heterocycles. The lowest BCUT2D eigenvalue weighted by atomic mass is 9.77. The molecular weight excluding hydrogens is 722 g/mol. The lowest BCUT2D eigenvalue weighted by Gasteiger charge is -2.48. The first kappa shape index (κ1) is 42.9. The van der Waals surface area contributed by atoms with E-state index >= 15 is 0 Å². The van der Waals surface area contributed by atoms with Crippen LogP contribution in [-0.4, -0.2) is 141 Å². The van der Waals surface area contributed by atoms with Crippen LogP contribution >= 0.6 is 0 Å². The third-order valence-corrected chi connectivity index (χ3v) is 11.2. The standard InChI is InChI=1S/C39H55NO15/c1-4-15-40-35(46)24-16-20(2)32(55-38-31(45)30(44)28(42)21(3)50-38)25(18-24)52-39-34(54-37(49)23-13-9-6-10-14-23)33(29(43)27(19-41)53-39)51-26(36(47)48)17-22-11-7-5-8-12-22/h1,6,9-10,13-14,20-22,24-34,38-39,41-45H,5,7-8,11-12,15-19H2,2-3H3,(H,40,46)(H,47,48)/t20-,21-,24+,25+,26-,27+,28+,29-,30+,31-,32+,33-,34+,38-,39+/m0/s1. The summed E-state index contributed by atoms with van der Waals surface area (Å²) in [6, 6.07) is 7.94. The maximum Gasteiger partial charge on any atom is 0.338 e. The van der Waals surface area contributed by atoms with Gasteiger partial charge in [-0.2, -0.15) is 0 Å². The summed E-state index contributed by atoms with van der Waals surface area (Å²) < 4.78 is 36.8. The van der Waals surface area contributed by atoms with Gasteiger partial charge in [0.25, 0.3) is 0 Å². The fourth-order valence-electron chi connectivity index (χ4n) is 8.09. The van der Waals surface area contributed by atoms with E-state index < -0.39 is 110 Å². The summed E-state index contributed by atoms with van der Waals surface area (Å²) in [5.74, 6) is -1.25. The van der Waals surface area contributed by atoms with E-state index in [1.54, 1.807) is 25.1 Å². The predicted molar refractivity (Wildman–Crippen MR) is 191 cm³/mol. The molecule has 2 aliphatic carbocycles. The van der Waals surface area contributed by atoms with Crippen LogP contribution < -0.4 is 5.32 Å². The van der Waals surface area contributed by atoms with E-state index in [0.717, 1.165) is 32.1 Å². The zero-order valence-electron chi connectivity index (χ0n) is 31.1. The van der Waals surface area contributed by atoms with Gasteiger partial charge in [-0.1, -0.05) is 63.1 Å². The van der Waals surface area contributed by atoms with Gasteiger partial charge in [-0.15, -0.1) is 6.42 Å². The number of carbonyl (C=O) groups is 3. The molecule has 0 bridgehead atoms. The molecule has 1 aromatic rings. The van der Waals surface area contributed by atoms with Gasteiger partial charge in [-0.25, -0.2) is 9.59 Å². The van der Waals surface area contributed by atoms with E-state index in [1.165, 1.54) is 19.1 Å². The number of amides is 1. The van der Waals surface area contributed by atoms with Crippen LogP contribution in [0.25, 0.3) is 0 Å². The van der Waals surface area contributed by atoms with Crippen LogP contribution in [0, 0.1) is 30.1 Å². The maximum atomic E-state index is 13.6. The number of nitrogens with one attached hydrogen (secondary N) is 1. The minimum Gasteiger partial charge on any atom is -0.479 e. The van der Waals surface area contributed by atoms with Crippen molar-refractivity contribution in [2.24, 2.45) is 17.8 Å². The van der Waals surface area contributed by atoms with Crippen LogP contribution in [0.1, 0.15) is 75.6 Å². The van der Waals surface area contributed by atoms with Gasteiger partial charge in [0.15, 0.2) is 24.8 Å².